The van der Waals surface area contributed by atoms with E-state index in [0.29, 0.717) is 22.1 Å². The Morgan fingerprint density at radius 2 is 1.71 bits per heavy atom. The summed E-state index contributed by atoms with van der Waals surface area (Å²) in [4.78, 5) is 23.7. The van der Waals surface area contributed by atoms with Crippen LogP contribution in [0.1, 0.15) is 6.92 Å². The first-order valence-corrected chi connectivity index (χ1v) is 10.5. The van der Waals surface area contributed by atoms with Gasteiger partial charge in [0.05, 0.1) is 18.5 Å². The van der Waals surface area contributed by atoms with Crippen LogP contribution in [-0.4, -0.2) is 39.1 Å². The number of anilines is 3. The van der Waals surface area contributed by atoms with Crippen LogP contribution in [0.25, 0.3) is 0 Å². The lowest BCUT2D eigenvalue weighted by Crippen LogP contribution is -2.48. The van der Waals surface area contributed by atoms with Gasteiger partial charge in [-0.25, -0.2) is 8.42 Å². The fraction of sp³-hybridized carbons (Fsp3) is 0.222. The van der Waals surface area contributed by atoms with Gasteiger partial charge in [-0.3, -0.25) is 13.9 Å². The maximum absolute atomic E-state index is 12.6. The van der Waals surface area contributed by atoms with Crippen LogP contribution in [-0.2, 0) is 19.6 Å². The first kappa shape index (κ1) is 20.0. The lowest BCUT2D eigenvalue weighted by molar-refractivity contribution is -0.122. The quantitative estimate of drug-likeness (QED) is 0.785. The van der Waals surface area contributed by atoms with E-state index in [0.717, 1.165) is 10.6 Å². The molecule has 28 heavy (non-hydrogen) atoms. The second-order valence-electron chi connectivity index (χ2n) is 6.26. The number of nitrogens with one attached hydrogen (secondary N) is 2. The van der Waals surface area contributed by atoms with Gasteiger partial charge in [0.25, 0.3) is 5.91 Å². The van der Waals surface area contributed by atoms with Gasteiger partial charge < -0.3 is 15.4 Å². The third kappa shape index (κ3) is 4.55. The van der Waals surface area contributed by atoms with Crippen molar-refractivity contribution >= 4 is 50.5 Å². The molecular weight excluding hydrogens is 406 g/mol. The molecule has 0 aromatic heterocycles. The van der Waals surface area contributed by atoms with Crippen LogP contribution in [0.4, 0.5) is 17.1 Å². The first-order valence-electron chi connectivity index (χ1n) is 8.26. The van der Waals surface area contributed by atoms with E-state index in [-0.39, 0.29) is 18.2 Å². The summed E-state index contributed by atoms with van der Waals surface area (Å²) in [7, 11) is -3.64. The van der Waals surface area contributed by atoms with Crippen molar-refractivity contribution in [3.8, 4) is 5.75 Å². The summed E-state index contributed by atoms with van der Waals surface area (Å²) in [6.07, 6.45) is 0.0112. The van der Waals surface area contributed by atoms with E-state index in [1.54, 1.807) is 30.3 Å². The van der Waals surface area contributed by atoms with Gasteiger partial charge in [-0.2, -0.15) is 0 Å². The molecule has 1 heterocycles. The summed E-state index contributed by atoms with van der Waals surface area (Å²) >= 11 is 5.96. The molecular formula is C18H18ClN3O5S. The fourth-order valence-electron chi connectivity index (χ4n) is 2.74. The molecule has 0 bridgehead atoms. The van der Waals surface area contributed by atoms with Gasteiger partial charge in [0.1, 0.15) is 5.75 Å². The van der Waals surface area contributed by atoms with Crippen LogP contribution in [0.2, 0.25) is 5.02 Å². The predicted molar refractivity (Wildman–Crippen MR) is 107 cm³/mol. The number of benzene rings is 2. The lowest BCUT2D eigenvalue weighted by atomic mass is 10.2. The molecule has 148 valence electrons. The SMILES string of the molecule is CC(=O)Nc1ccc(NC(=O)[C@H]2CN(S(C)(=O)=O)c3cc(Cl)ccc3O2)cc1. The Kier molecular flexibility index (Phi) is 5.48. The highest BCUT2D eigenvalue weighted by Gasteiger charge is 2.35. The normalized spacial score (nSPS) is 16.0. The third-order valence-electron chi connectivity index (χ3n) is 3.96. The Balaban J connectivity index is 1.79. The molecule has 1 aliphatic rings. The second kappa shape index (κ2) is 7.69. The molecule has 0 radical (unpaired) electrons. The maximum atomic E-state index is 12.6. The zero-order chi connectivity index (χ0) is 20.5. The number of halogens is 1. The van der Waals surface area contributed by atoms with Gasteiger partial charge in [0, 0.05) is 23.3 Å². The molecule has 0 unspecified atom stereocenters. The van der Waals surface area contributed by atoms with Crippen molar-refractivity contribution in [3.05, 3.63) is 47.5 Å². The highest BCUT2D eigenvalue weighted by atomic mass is 35.5. The molecule has 0 aliphatic carbocycles. The van der Waals surface area contributed by atoms with Crippen LogP contribution in [0, 0.1) is 0 Å². The molecule has 0 fully saturated rings. The minimum Gasteiger partial charge on any atom is -0.476 e. The van der Waals surface area contributed by atoms with Crippen molar-refractivity contribution in [2.45, 2.75) is 13.0 Å². The van der Waals surface area contributed by atoms with Crippen LogP contribution >= 0.6 is 11.6 Å². The molecule has 1 atom stereocenters. The summed E-state index contributed by atoms with van der Waals surface area (Å²) in [5, 5.41) is 5.67. The van der Waals surface area contributed by atoms with Crippen molar-refractivity contribution in [1.29, 1.82) is 0 Å². The summed E-state index contributed by atoms with van der Waals surface area (Å²) < 4.78 is 31.1. The van der Waals surface area contributed by atoms with E-state index >= 15 is 0 Å². The standard InChI is InChI=1S/C18H18ClN3O5S/c1-11(23)20-13-4-6-14(7-5-13)21-18(24)17-10-22(28(2,25)26)15-9-12(19)3-8-16(15)27-17/h3-9,17H,10H2,1-2H3,(H,20,23)(H,21,24)/t17-/m1/s1. The third-order valence-corrected chi connectivity index (χ3v) is 5.34. The Bertz CT molecular complexity index is 1020. The molecule has 3 rings (SSSR count). The monoisotopic (exact) mass is 423 g/mol. The van der Waals surface area contributed by atoms with Gasteiger partial charge in [-0.05, 0) is 42.5 Å². The Morgan fingerprint density at radius 1 is 1.11 bits per heavy atom. The number of carbonyl (C=O) groups is 2. The summed E-state index contributed by atoms with van der Waals surface area (Å²) in [5.74, 6) is -0.448. The number of nitrogens with zero attached hydrogens (tertiary/aromatic N) is 1. The number of hydrogen-bond donors (Lipinski definition) is 2. The molecule has 0 spiro atoms. The number of amides is 2. The smallest absolute Gasteiger partial charge is 0.267 e. The zero-order valence-corrected chi connectivity index (χ0v) is 16.7. The largest absolute Gasteiger partial charge is 0.476 e. The molecule has 1 aliphatic heterocycles. The summed E-state index contributed by atoms with van der Waals surface area (Å²) in [6, 6.07) is 11.1. The maximum Gasteiger partial charge on any atom is 0.267 e. The van der Waals surface area contributed by atoms with E-state index in [1.165, 1.54) is 19.1 Å². The molecule has 2 N–H and O–H groups in total. The van der Waals surface area contributed by atoms with Crippen molar-refractivity contribution in [2.75, 3.05) is 27.7 Å². The first-order chi connectivity index (χ1) is 13.1. The number of carbonyl (C=O) groups excluding carboxylic acids is 2. The molecule has 0 saturated carbocycles. The molecule has 2 amide bonds. The predicted octanol–water partition coefficient (Wildman–Crippen LogP) is 2.46. The fourth-order valence-corrected chi connectivity index (χ4v) is 3.81. The lowest BCUT2D eigenvalue weighted by Gasteiger charge is -2.34. The Labute approximate surface area is 167 Å². The second-order valence-corrected chi connectivity index (χ2v) is 8.60. The van der Waals surface area contributed by atoms with E-state index < -0.39 is 22.0 Å². The molecule has 2 aromatic rings. The number of fused-ring (bicyclic) bond motifs is 1. The van der Waals surface area contributed by atoms with Gasteiger partial charge in [-0.15, -0.1) is 0 Å². The number of rotatable bonds is 4. The van der Waals surface area contributed by atoms with E-state index in [9.17, 15) is 18.0 Å². The van der Waals surface area contributed by atoms with Crippen molar-refractivity contribution in [2.24, 2.45) is 0 Å². The van der Waals surface area contributed by atoms with Crippen LogP contribution < -0.4 is 19.7 Å². The number of hydrogen-bond acceptors (Lipinski definition) is 5. The zero-order valence-electron chi connectivity index (χ0n) is 15.1. The van der Waals surface area contributed by atoms with Crippen LogP contribution in [0.5, 0.6) is 5.75 Å². The van der Waals surface area contributed by atoms with Crippen molar-refractivity contribution < 1.29 is 22.7 Å². The van der Waals surface area contributed by atoms with Gasteiger partial charge in [-0.1, -0.05) is 11.6 Å². The molecule has 0 saturated heterocycles. The number of sulfonamides is 1. The minimum absolute atomic E-state index is 0.179. The Hall–Kier alpha value is -2.78. The van der Waals surface area contributed by atoms with Crippen LogP contribution in [0.3, 0.4) is 0 Å². The molecule has 2 aromatic carbocycles. The van der Waals surface area contributed by atoms with E-state index in [2.05, 4.69) is 10.6 Å². The Morgan fingerprint density at radius 3 is 2.29 bits per heavy atom. The van der Waals surface area contributed by atoms with Crippen molar-refractivity contribution in [1.82, 2.24) is 0 Å². The summed E-state index contributed by atoms with van der Waals surface area (Å²) in [6.45, 7) is 1.22. The molecule has 10 heteroatoms. The van der Waals surface area contributed by atoms with E-state index in [4.69, 9.17) is 16.3 Å². The van der Waals surface area contributed by atoms with Gasteiger partial charge in [0.15, 0.2) is 6.10 Å². The summed E-state index contributed by atoms with van der Waals surface area (Å²) in [5.41, 5.74) is 1.36. The number of ether oxygens (including phenoxy) is 1. The van der Waals surface area contributed by atoms with Crippen molar-refractivity contribution in [3.63, 3.8) is 0 Å². The van der Waals surface area contributed by atoms with Crippen LogP contribution in [0.15, 0.2) is 42.5 Å². The van der Waals surface area contributed by atoms with Gasteiger partial charge in [0.2, 0.25) is 15.9 Å². The van der Waals surface area contributed by atoms with E-state index in [1.807, 2.05) is 0 Å². The highest BCUT2D eigenvalue weighted by molar-refractivity contribution is 7.92. The van der Waals surface area contributed by atoms with Gasteiger partial charge >= 0.3 is 0 Å². The minimum atomic E-state index is -3.64. The molecule has 8 nitrogen and oxygen atoms in total. The average Bonchev–Trinajstić information content (AvgIpc) is 2.61. The highest BCUT2D eigenvalue weighted by Crippen LogP contribution is 2.37. The average molecular weight is 424 g/mol. The topological polar surface area (TPSA) is 105 Å².